The van der Waals surface area contributed by atoms with Crippen molar-refractivity contribution < 1.29 is 9.15 Å². The lowest BCUT2D eigenvalue weighted by molar-refractivity contribution is 0.309. The van der Waals surface area contributed by atoms with Gasteiger partial charge in [0.1, 0.15) is 11.4 Å². The summed E-state index contributed by atoms with van der Waals surface area (Å²) in [4.78, 5) is 18.2. The van der Waals surface area contributed by atoms with Gasteiger partial charge in [-0.3, -0.25) is 4.79 Å². The molecule has 0 radical (unpaired) electrons. The molecule has 184 valence electrons. The number of nitrogens with zero attached hydrogens (tertiary/aromatic N) is 5. The lowest BCUT2D eigenvalue weighted by atomic mass is 10.1. The minimum Gasteiger partial charge on any atom is -0.494 e. The second-order valence-electron chi connectivity index (χ2n) is 8.46. The number of ether oxygens (including phenoxy) is 1. The zero-order chi connectivity index (χ0) is 25.2. The van der Waals surface area contributed by atoms with E-state index in [1.54, 1.807) is 18.4 Å². The van der Waals surface area contributed by atoms with Gasteiger partial charge in [-0.05, 0) is 61.0 Å². The molecule has 0 unspecified atom stereocenters. The minimum absolute atomic E-state index is 0.233. The Hall–Kier alpha value is -4.50. The predicted octanol–water partition coefficient (Wildman–Crippen LogP) is 4.99. The standard InChI is InChI=1S/C28H23N5O3S/c1-2-3-15-35-22-13-11-19(12-14-22)25-20(18-32(30-25)21-8-5-4-6-9-21)17-24-27(34)33-28(37-24)29-26(31-33)23-10-7-16-36-23/h4-14,16-18H,2-3,15H2,1H3/b24-17-. The van der Waals surface area contributed by atoms with E-state index in [2.05, 4.69) is 17.0 Å². The smallest absolute Gasteiger partial charge is 0.291 e. The van der Waals surface area contributed by atoms with Crippen molar-refractivity contribution in [1.29, 1.82) is 0 Å². The van der Waals surface area contributed by atoms with Crippen molar-refractivity contribution in [2.45, 2.75) is 19.8 Å². The van der Waals surface area contributed by atoms with Crippen LogP contribution in [0, 0.1) is 0 Å². The Kier molecular flexibility index (Phi) is 6.11. The largest absolute Gasteiger partial charge is 0.494 e. The molecular formula is C28H23N5O3S. The average molecular weight is 510 g/mol. The molecule has 37 heavy (non-hydrogen) atoms. The number of para-hydroxylation sites is 1. The van der Waals surface area contributed by atoms with E-state index in [-0.39, 0.29) is 5.56 Å². The van der Waals surface area contributed by atoms with E-state index in [1.165, 1.54) is 15.9 Å². The van der Waals surface area contributed by atoms with Gasteiger partial charge in [0.25, 0.3) is 5.56 Å². The third kappa shape index (κ3) is 4.56. The Balaban J connectivity index is 1.42. The first-order chi connectivity index (χ1) is 18.2. The summed E-state index contributed by atoms with van der Waals surface area (Å²) in [6, 6.07) is 21.3. The lowest BCUT2D eigenvalue weighted by Gasteiger charge is -2.06. The Bertz CT molecular complexity index is 1750. The van der Waals surface area contributed by atoms with Crippen molar-refractivity contribution in [3.8, 4) is 34.3 Å². The van der Waals surface area contributed by atoms with Crippen LogP contribution in [0.25, 0.3) is 39.6 Å². The van der Waals surface area contributed by atoms with E-state index in [9.17, 15) is 4.79 Å². The van der Waals surface area contributed by atoms with Gasteiger partial charge in [0, 0.05) is 17.3 Å². The van der Waals surface area contributed by atoms with Crippen molar-refractivity contribution in [1.82, 2.24) is 24.4 Å². The van der Waals surface area contributed by atoms with Crippen LogP contribution in [0.1, 0.15) is 25.3 Å². The predicted molar refractivity (Wildman–Crippen MR) is 143 cm³/mol. The summed E-state index contributed by atoms with van der Waals surface area (Å²) >= 11 is 1.28. The lowest BCUT2D eigenvalue weighted by Crippen LogP contribution is -2.23. The highest BCUT2D eigenvalue weighted by Gasteiger charge is 2.16. The first-order valence-corrected chi connectivity index (χ1v) is 12.8. The molecule has 0 aliphatic heterocycles. The molecule has 0 saturated heterocycles. The molecule has 0 spiro atoms. The normalized spacial score (nSPS) is 12.0. The number of hydrogen-bond acceptors (Lipinski definition) is 7. The summed E-state index contributed by atoms with van der Waals surface area (Å²) in [7, 11) is 0. The van der Waals surface area contributed by atoms with Crippen LogP contribution >= 0.6 is 11.3 Å². The topological polar surface area (TPSA) is 87.4 Å². The van der Waals surface area contributed by atoms with Gasteiger partial charge in [-0.15, -0.1) is 5.10 Å². The van der Waals surface area contributed by atoms with E-state index in [1.807, 2.05) is 71.6 Å². The zero-order valence-corrected chi connectivity index (χ0v) is 20.9. The third-order valence-electron chi connectivity index (χ3n) is 5.87. The molecule has 6 rings (SSSR count). The van der Waals surface area contributed by atoms with Gasteiger partial charge in [-0.1, -0.05) is 42.9 Å². The summed E-state index contributed by atoms with van der Waals surface area (Å²) in [5.41, 5.74) is 3.20. The number of unbranched alkanes of at least 4 members (excludes halogenated alkanes) is 1. The van der Waals surface area contributed by atoms with Gasteiger partial charge >= 0.3 is 0 Å². The molecule has 0 saturated carbocycles. The Morgan fingerprint density at radius 2 is 1.86 bits per heavy atom. The first-order valence-electron chi connectivity index (χ1n) is 12.0. The number of rotatable bonds is 8. The zero-order valence-electron chi connectivity index (χ0n) is 20.1. The summed E-state index contributed by atoms with van der Waals surface area (Å²) in [5.74, 6) is 1.73. The molecule has 0 fully saturated rings. The van der Waals surface area contributed by atoms with Crippen molar-refractivity contribution >= 4 is 22.4 Å². The minimum atomic E-state index is -0.233. The second kappa shape index (κ2) is 9.87. The van der Waals surface area contributed by atoms with Crippen LogP contribution in [0.4, 0.5) is 0 Å². The Morgan fingerprint density at radius 1 is 1.03 bits per heavy atom. The molecule has 0 atom stereocenters. The second-order valence-corrected chi connectivity index (χ2v) is 9.47. The fourth-order valence-corrected chi connectivity index (χ4v) is 4.86. The van der Waals surface area contributed by atoms with Gasteiger partial charge in [-0.25, -0.2) is 4.68 Å². The highest BCUT2D eigenvalue weighted by atomic mass is 32.1. The van der Waals surface area contributed by atoms with Crippen LogP contribution in [0.5, 0.6) is 5.75 Å². The number of furan rings is 1. The van der Waals surface area contributed by atoms with Gasteiger partial charge in [-0.2, -0.15) is 14.6 Å². The monoisotopic (exact) mass is 509 g/mol. The number of hydrogen-bond donors (Lipinski definition) is 0. The fraction of sp³-hybridized carbons (Fsp3) is 0.143. The van der Waals surface area contributed by atoms with Crippen molar-refractivity contribution in [3.05, 3.63) is 99.6 Å². The fourth-order valence-electron chi connectivity index (χ4n) is 3.96. The van der Waals surface area contributed by atoms with E-state index in [0.29, 0.717) is 27.7 Å². The summed E-state index contributed by atoms with van der Waals surface area (Å²) in [5, 5.41) is 9.21. The van der Waals surface area contributed by atoms with Crippen molar-refractivity contribution in [2.24, 2.45) is 0 Å². The molecule has 8 nitrogen and oxygen atoms in total. The first kappa shape index (κ1) is 22.9. The molecule has 9 heteroatoms. The maximum atomic E-state index is 13.2. The van der Waals surface area contributed by atoms with E-state index in [0.717, 1.165) is 41.1 Å². The van der Waals surface area contributed by atoms with Crippen LogP contribution < -0.4 is 14.8 Å². The molecule has 0 N–H and O–H groups in total. The van der Waals surface area contributed by atoms with Crippen molar-refractivity contribution in [2.75, 3.05) is 6.61 Å². The highest BCUT2D eigenvalue weighted by molar-refractivity contribution is 7.15. The van der Waals surface area contributed by atoms with Gasteiger partial charge in [0.15, 0.2) is 5.76 Å². The van der Waals surface area contributed by atoms with Crippen molar-refractivity contribution in [3.63, 3.8) is 0 Å². The molecule has 0 aliphatic carbocycles. The third-order valence-corrected chi connectivity index (χ3v) is 6.83. The van der Waals surface area contributed by atoms with E-state index in [4.69, 9.17) is 14.3 Å². The Morgan fingerprint density at radius 3 is 2.59 bits per heavy atom. The number of thiazole rings is 1. The summed E-state index contributed by atoms with van der Waals surface area (Å²) in [6.45, 7) is 2.83. The van der Waals surface area contributed by atoms with Crippen LogP contribution in [0.15, 0.2) is 88.4 Å². The summed E-state index contributed by atoms with van der Waals surface area (Å²) in [6.07, 6.45) is 7.44. The SMILES string of the molecule is CCCCOc1ccc(-c2nn(-c3ccccc3)cc2/C=c2\sc3nc(-c4ccco4)nn3c2=O)cc1. The van der Waals surface area contributed by atoms with Crippen LogP contribution in [0.3, 0.4) is 0 Å². The quantitative estimate of drug-likeness (QED) is 0.269. The molecule has 6 aromatic rings. The highest BCUT2D eigenvalue weighted by Crippen LogP contribution is 2.27. The van der Waals surface area contributed by atoms with Gasteiger partial charge < -0.3 is 9.15 Å². The molecule has 2 aromatic carbocycles. The van der Waals surface area contributed by atoms with Crippen LogP contribution in [-0.4, -0.2) is 31.0 Å². The molecular weight excluding hydrogens is 486 g/mol. The molecule has 4 aromatic heterocycles. The molecule has 4 heterocycles. The molecule has 0 aliphatic rings. The average Bonchev–Trinajstić information content (AvgIpc) is 3.72. The number of fused-ring (bicyclic) bond motifs is 1. The molecule has 0 amide bonds. The van der Waals surface area contributed by atoms with E-state index < -0.39 is 0 Å². The number of aromatic nitrogens is 5. The number of benzene rings is 2. The van der Waals surface area contributed by atoms with Gasteiger partial charge in [0.05, 0.1) is 23.1 Å². The summed E-state index contributed by atoms with van der Waals surface area (Å²) < 4.78 is 14.8. The van der Waals surface area contributed by atoms with Crippen LogP contribution in [-0.2, 0) is 0 Å². The Labute approximate surface area is 216 Å². The maximum Gasteiger partial charge on any atom is 0.291 e. The van der Waals surface area contributed by atoms with Crippen LogP contribution in [0.2, 0.25) is 0 Å². The van der Waals surface area contributed by atoms with Gasteiger partial charge in [0.2, 0.25) is 10.8 Å². The molecule has 0 bridgehead atoms. The van der Waals surface area contributed by atoms with E-state index >= 15 is 0 Å². The maximum absolute atomic E-state index is 13.2.